The van der Waals surface area contributed by atoms with Crippen molar-refractivity contribution in [2.24, 2.45) is 5.73 Å². The zero-order valence-electron chi connectivity index (χ0n) is 16.1. The zero-order chi connectivity index (χ0) is 22.4. The second-order valence-electron chi connectivity index (χ2n) is 7.45. The predicted molar refractivity (Wildman–Crippen MR) is 107 cm³/mol. The van der Waals surface area contributed by atoms with E-state index in [4.69, 9.17) is 5.73 Å². The Morgan fingerprint density at radius 1 is 1.13 bits per heavy atom. The summed E-state index contributed by atoms with van der Waals surface area (Å²) in [5, 5.41) is 18.7. The maximum Gasteiger partial charge on any atom is 0.341 e. The first-order valence-electron chi connectivity index (χ1n) is 9.42. The number of aromatic nitrogens is 1. The van der Waals surface area contributed by atoms with Crippen LogP contribution in [0.1, 0.15) is 16.8 Å². The second kappa shape index (κ2) is 7.71. The highest BCUT2D eigenvalue weighted by Crippen LogP contribution is 2.32. The lowest BCUT2D eigenvalue weighted by Gasteiger charge is -2.26. The van der Waals surface area contributed by atoms with Crippen LogP contribution in [0.4, 0.5) is 18.9 Å². The molecule has 0 spiro atoms. The fourth-order valence-electron chi connectivity index (χ4n) is 4.00. The molecule has 0 aliphatic carbocycles. The first kappa shape index (κ1) is 20.9. The van der Waals surface area contributed by atoms with Crippen LogP contribution in [0.25, 0.3) is 16.6 Å². The van der Waals surface area contributed by atoms with Crippen molar-refractivity contribution in [3.05, 3.63) is 69.8 Å². The molecule has 2 heterocycles. The van der Waals surface area contributed by atoms with Gasteiger partial charge in [0.2, 0.25) is 5.43 Å². The first-order valence-corrected chi connectivity index (χ1v) is 9.42. The molecular weight excluding hydrogens is 415 g/mol. The van der Waals surface area contributed by atoms with Gasteiger partial charge in [0.1, 0.15) is 23.0 Å². The van der Waals surface area contributed by atoms with E-state index in [9.17, 15) is 28.6 Å². The van der Waals surface area contributed by atoms with Gasteiger partial charge in [-0.3, -0.25) is 4.79 Å². The highest BCUT2D eigenvalue weighted by atomic mass is 19.1. The van der Waals surface area contributed by atoms with E-state index >= 15 is 4.39 Å². The molecule has 4 rings (SSSR count). The van der Waals surface area contributed by atoms with E-state index in [2.05, 4.69) is 0 Å². The molecule has 1 aliphatic heterocycles. The number of aliphatic hydroxyl groups is 1. The van der Waals surface area contributed by atoms with Crippen LogP contribution < -0.4 is 16.1 Å². The molecule has 1 fully saturated rings. The minimum Gasteiger partial charge on any atom is -0.477 e. The van der Waals surface area contributed by atoms with Crippen LogP contribution in [0.2, 0.25) is 0 Å². The Morgan fingerprint density at radius 3 is 2.48 bits per heavy atom. The van der Waals surface area contributed by atoms with Crippen molar-refractivity contribution < 1.29 is 28.2 Å². The maximum atomic E-state index is 15.0. The topological polar surface area (TPSA) is 109 Å². The number of carbonyl (C=O) groups is 1. The lowest BCUT2D eigenvalue weighted by molar-refractivity contribution is 0.0695. The Bertz CT molecular complexity index is 1260. The number of carboxylic acid groups (broad SMARTS) is 1. The van der Waals surface area contributed by atoms with Crippen LogP contribution in [0.15, 0.2) is 41.3 Å². The van der Waals surface area contributed by atoms with Gasteiger partial charge in [0.15, 0.2) is 0 Å². The molecule has 2 atom stereocenters. The molecule has 7 nitrogen and oxygen atoms in total. The van der Waals surface area contributed by atoms with Crippen molar-refractivity contribution in [1.29, 1.82) is 0 Å². The number of aliphatic hydroxyl groups excluding tert-OH is 1. The number of hydrogen-bond donors (Lipinski definition) is 3. The van der Waals surface area contributed by atoms with Crippen LogP contribution in [0.5, 0.6) is 0 Å². The van der Waals surface area contributed by atoms with Crippen molar-refractivity contribution in [2.45, 2.75) is 18.5 Å². The molecule has 0 bridgehead atoms. The van der Waals surface area contributed by atoms with Crippen LogP contribution in [-0.4, -0.2) is 46.0 Å². The van der Waals surface area contributed by atoms with Crippen molar-refractivity contribution in [2.75, 3.05) is 18.1 Å². The summed E-state index contributed by atoms with van der Waals surface area (Å²) in [6, 6.07) is 4.09. The smallest absolute Gasteiger partial charge is 0.341 e. The van der Waals surface area contributed by atoms with E-state index in [1.807, 2.05) is 0 Å². The number of fused-ring (bicyclic) bond motifs is 1. The van der Waals surface area contributed by atoms with Gasteiger partial charge in [-0.05, 0) is 30.7 Å². The second-order valence-corrected chi connectivity index (χ2v) is 7.45. The van der Waals surface area contributed by atoms with Crippen molar-refractivity contribution in [1.82, 2.24) is 4.57 Å². The highest BCUT2D eigenvalue weighted by Gasteiger charge is 2.32. The summed E-state index contributed by atoms with van der Waals surface area (Å²) in [5.74, 6) is -4.22. The van der Waals surface area contributed by atoms with Gasteiger partial charge in [-0.15, -0.1) is 0 Å². The molecule has 1 saturated heterocycles. The fourth-order valence-corrected chi connectivity index (χ4v) is 4.00. The number of nitrogens with two attached hydrogens (primary N) is 1. The largest absolute Gasteiger partial charge is 0.477 e. The Kier molecular flexibility index (Phi) is 5.19. The number of pyridine rings is 1. The molecule has 2 aromatic carbocycles. The third kappa shape index (κ3) is 3.53. The van der Waals surface area contributed by atoms with Gasteiger partial charge in [-0.1, -0.05) is 0 Å². The molecule has 31 heavy (non-hydrogen) atoms. The summed E-state index contributed by atoms with van der Waals surface area (Å²) < 4.78 is 44.0. The molecule has 0 amide bonds. The van der Waals surface area contributed by atoms with Crippen molar-refractivity contribution in [3.63, 3.8) is 0 Å². The molecule has 1 aliphatic rings. The number of carboxylic acids is 1. The van der Waals surface area contributed by atoms with Crippen LogP contribution in [0, 0.1) is 17.5 Å². The third-order valence-electron chi connectivity index (χ3n) is 5.44. The summed E-state index contributed by atoms with van der Waals surface area (Å²) in [6.07, 6.45) is 1.34. The molecule has 3 aromatic rings. The quantitative estimate of drug-likeness (QED) is 0.581. The summed E-state index contributed by atoms with van der Waals surface area (Å²) in [4.78, 5) is 25.8. The van der Waals surface area contributed by atoms with E-state index in [-0.39, 0.29) is 41.5 Å². The number of halogens is 3. The average Bonchev–Trinajstić information content (AvgIpc) is 3.09. The minimum absolute atomic E-state index is 0.0223. The number of rotatable bonds is 4. The summed E-state index contributed by atoms with van der Waals surface area (Å²) >= 11 is 0. The lowest BCUT2D eigenvalue weighted by atomic mass is 10.1. The molecule has 162 valence electrons. The molecule has 0 radical (unpaired) electrons. The normalized spacial score (nSPS) is 18.7. The number of aromatic carboxylic acids is 1. The number of benzene rings is 2. The van der Waals surface area contributed by atoms with Gasteiger partial charge in [0.05, 0.1) is 29.5 Å². The number of hydrogen-bond acceptors (Lipinski definition) is 5. The first-order chi connectivity index (χ1) is 14.7. The van der Waals surface area contributed by atoms with E-state index in [1.165, 1.54) is 6.07 Å². The third-order valence-corrected chi connectivity index (χ3v) is 5.44. The van der Waals surface area contributed by atoms with Gasteiger partial charge in [-0.25, -0.2) is 18.0 Å². The fraction of sp³-hybridized carbons (Fsp3) is 0.238. The van der Waals surface area contributed by atoms with E-state index < -0.39 is 40.5 Å². The van der Waals surface area contributed by atoms with Gasteiger partial charge in [0, 0.05) is 30.2 Å². The molecule has 4 N–H and O–H groups in total. The zero-order valence-corrected chi connectivity index (χ0v) is 16.1. The summed E-state index contributed by atoms with van der Waals surface area (Å²) in [6.45, 7) is -0.0292. The molecule has 0 unspecified atom stereocenters. The Hall–Kier alpha value is -3.37. The van der Waals surface area contributed by atoms with Gasteiger partial charge >= 0.3 is 5.97 Å². The summed E-state index contributed by atoms with van der Waals surface area (Å²) in [7, 11) is 0. The molecular formula is C21H18F3N3O4. The van der Waals surface area contributed by atoms with Crippen molar-refractivity contribution >= 4 is 22.6 Å². The van der Waals surface area contributed by atoms with Crippen LogP contribution in [0.3, 0.4) is 0 Å². The van der Waals surface area contributed by atoms with Crippen LogP contribution in [-0.2, 0) is 0 Å². The van der Waals surface area contributed by atoms with Gasteiger partial charge in [-0.2, -0.15) is 0 Å². The SMILES string of the molecule is N[C@H]1C[C@@H](CO)N(c2cc3c(cc2F)c(=O)c(C(=O)O)cn3-c2ccc(F)cc2F)C1. The Morgan fingerprint density at radius 2 is 1.84 bits per heavy atom. The standard InChI is InChI=1S/C21H18F3N3O4/c22-10-1-2-17(15(23)3-10)27-8-14(21(30)31)20(29)13-5-16(24)19(6-18(13)27)26-7-11(25)4-12(26)9-28/h1-3,5-6,8,11-12,28H,4,7,9,25H2,(H,30,31)/t11-,12-/m0/s1. The number of anilines is 1. The maximum absolute atomic E-state index is 15.0. The lowest BCUT2D eigenvalue weighted by Crippen LogP contribution is -2.33. The average molecular weight is 433 g/mol. The van der Waals surface area contributed by atoms with E-state index in [0.29, 0.717) is 12.5 Å². The monoisotopic (exact) mass is 433 g/mol. The predicted octanol–water partition coefficient (Wildman–Crippen LogP) is 2.00. The van der Waals surface area contributed by atoms with E-state index in [0.717, 1.165) is 29.0 Å². The summed E-state index contributed by atoms with van der Waals surface area (Å²) in [5.41, 5.74) is 4.14. The Balaban J connectivity index is 2.04. The van der Waals surface area contributed by atoms with Crippen molar-refractivity contribution in [3.8, 4) is 5.69 Å². The van der Waals surface area contributed by atoms with Crippen LogP contribution >= 0.6 is 0 Å². The molecule has 10 heteroatoms. The number of nitrogens with zero attached hydrogens (tertiary/aromatic N) is 2. The van der Waals surface area contributed by atoms with Gasteiger partial charge < -0.3 is 25.4 Å². The molecule has 1 aromatic heterocycles. The Labute approximate surface area is 173 Å². The highest BCUT2D eigenvalue weighted by molar-refractivity contribution is 5.94. The molecule has 0 saturated carbocycles. The van der Waals surface area contributed by atoms with E-state index in [1.54, 1.807) is 4.90 Å². The van der Waals surface area contributed by atoms with Gasteiger partial charge in [0.25, 0.3) is 0 Å². The minimum atomic E-state index is -1.57.